The molecule has 2 aliphatic rings. The second-order valence-corrected chi connectivity index (χ2v) is 7.93. The Bertz CT molecular complexity index is 290. The molecular formula is C16H31NOS. The minimum Gasteiger partial charge on any atom is -0.378 e. The lowest BCUT2D eigenvalue weighted by Crippen LogP contribution is -2.43. The van der Waals surface area contributed by atoms with Gasteiger partial charge in [-0.25, -0.2) is 0 Å². The largest absolute Gasteiger partial charge is 0.378 e. The van der Waals surface area contributed by atoms with E-state index >= 15 is 0 Å². The van der Waals surface area contributed by atoms with Gasteiger partial charge in [0.05, 0.1) is 0 Å². The van der Waals surface area contributed by atoms with Gasteiger partial charge in [0.25, 0.3) is 0 Å². The topological polar surface area (TPSA) is 32.3 Å². The first-order valence-corrected chi connectivity index (χ1v) is 8.53. The lowest BCUT2D eigenvalue weighted by atomic mass is 9.64. The highest BCUT2D eigenvalue weighted by atomic mass is 32.1. The van der Waals surface area contributed by atoms with Crippen molar-refractivity contribution in [2.45, 2.75) is 82.1 Å². The molecule has 112 valence electrons. The van der Waals surface area contributed by atoms with E-state index in [2.05, 4.69) is 12.2 Å². The lowest BCUT2D eigenvalue weighted by Gasteiger charge is -2.48. The van der Waals surface area contributed by atoms with Gasteiger partial charge < -0.3 is 5.11 Å². The van der Waals surface area contributed by atoms with E-state index in [-0.39, 0.29) is 11.0 Å². The molecule has 2 aliphatic carbocycles. The van der Waals surface area contributed by atoms with Crippen LogP contribution in [0.4, 0.5) is 0 Å². The van der Waals surface area contributed by atoms with Crippen LogP contribution >= 0.6 is 12.6 Å². The maximum absolute atomic E-state index is 10.0. The molecule has 0 saturated heterocycles. The molecule has 2 nitrogen and oxygen atoms in total. The van der Waals surface area contributed by atoms with Gasteiger partial charge in [-0.3, -0.25) is 5.32 Å². The van der Waals surface area contributed by atoms with Crippen LogP contribution in [-0.2, 0) is 0 Å². The Kier molecular flexibility index (Phi) is 5.24. The van der Waals surface area contributed by atoms with Crippen molar-refractivity contribution in [3.63, 3.8) is 0 Å². The number of aliphatic hydroxyl groups is 1. The third-order valence-electron chi connectivity index (χ3n) is 5.92. The summed E-state index contributed by atoms with van der Waals surface area (Å²) in [7, 11) is 1.85. The van der Waals surface area contributed by atoms with Crippen LogP contribution in [0, 0.1) is 11.3 Å². The van der Waals surface area contributed by atoms with Crippen molar-refractivity contribution in [2.24, 2.45) is 11.3 Å². The molecule has 2 N–H and O–H groups in total. The zero-order valence-corrected chi connectivity index (χ0v) is 13.5. The summed E-state index contributed by atoms with van der Waals surface area (Å²) < 4.78 is 0.190. The molecule has 2 saturated carbocycles. The number of nitrogens with one attached hydrogen (secondary N) is 1. The number of thiol groups is 1. The van der Waals surface area contributed by atoms with Crippen molar-refractivity contribution in [1.82, 2.24) is 5.32 Å². The van der Waals surface area contributed by atoms with Crippen LogP contribution in [0.2, 0.25) is 0 Å². The predicted octanol–water partition coefficient (Wildman–Crippen LogP) is 3.74. The van der Waals surface area contributed by atoms with Crippen LogP contribution in [-0.4, -0.2) is 23.1 Å². The van der Waals surface area contributed by atoms with E-state index in [9.17, 15) is 5.11 Å². The molecule has 3 atom stereocenters. The molecule has 0 spiro atoms. The molecule has 0 aromatic carbocycles. The van der Waals surface area contributed by atoms with E-state index in [0.29, 0.717) is 11.3 Å². The van der Waals surface area contributed by atoms with Gasteiger partial charge in [-0.2, -0.15) is 12.6 Å². The average Bonchev–Trinajstić information content (AvgIpc) is 2.62. The summed E-state index contributed by atoms with van der Waals surface area (Å²) >= 11 is 5.18. The van der Waals surface area contributed by atoms with Gasteiger partial charge >= 0.3 is 0 Å². The summed E-state index contributed by atoms with van der Waals surface area (Å²) in [5, 5.41) is 13.0. The Balaban J connectivity index is 2.03. The van der Waals surface area contributed by atoms with Crippen LogP contribution in [0.5, 0.6) is 0 Å². The molecule has 2 fully saturated rings. The van der Waals surface area contributed by atoms with E-state index in [1.165, 1.54) is 44.9 Å². The van der Waals surface area contributed by atoms with Gasteiger partial charge in [0.1, 0.15) is 6.23 Å². The van der Waals surface area contributed by atoms with Gasteiger partial charge in [0, 0.05) is 4.75 Å². The van der Waals surface area contributed by atoms with Crippen LogP contribution in [0.3, 0.4) is 0 Å². The molecule has 0 amide bonds. The van der Waals surface area contributed by atoms with Crippen LogP contribution < -0.4 is 5.32 Å². The van der Waals surface area contributed by atoms with Gasteiger partial charge in [-0.15, -0.1) is 0 Å². The quantitative estimate of drug-likeness (QED) is 0.419. The highest BCUT2D eigenvalue weighted by molar-refractivity contribution is 7.81. The highest BCUT2D eigenvalue weighted by Gasteiger charge is 2.46. The molecule has 19 heavy (non-hydrogen) atoms. The van der Waals surface area contributed by atoms with Gasteiger partial charge in [-0.05, 0) is 56.9 Å². The van der Waals surface area contributed by atoms with E-state index in [1.54, 1.807) is 0 Å². The molecule has 0 bridgehead atoms. The summed E-state index contributed by atoms with van der Waals surface area (Å²) in [5.41, 5.74) is 0.411. The second-order valence-electron chi connectivity index (χ2n) is 7.08. The van der Waals surface area contributed by atoms with E-state index in [1.807, 2.05) is 7.05 Å². The Morgan fingerprint density at radius 3 is 2.37 bits per heavy atom. The molecular weight excluding hydrogens is 254 g/mol. The van der Waals surface area contributed by atoms with Crippen LogP contribution in [0.1, 0.15) is 71.1 Å². The maximum atomic E-state index is 10.0. The Morgan fingerprint density at radius 1 is 1.05 bits per heavy atom. The molecule has 3 unspecified atom stereocenters. The first-order valence-electron chi connectivity index (χ1n) is 8.08. The highest BCUT2D eigenvalue weighted by Crippen LogP contribution is 2.54. The zero-order valence-electron chi connectivity index (χ0n) is 12.6. The Labute approximate surface area is 124 Å². The van der Waals surface area contributed by atoms with E-state index in [4.69, 9.17) is 12.6 Å². The standard InChI is InChI=1S/C16H31NOS/c1-15(9-4-3-5-10-15)16(19)11-6-7-13(8-12-16)14(18)17-2/h13-14,17-19H,3-12H2,1-2H3. The maximum Gasteiger partial charge on any atom is 0.107 e. The summed E-state index contributed by atoms with van der Waals surface area (Å²) in [6.45, 7) is 2.47. The minimum absolute atomic E-state index is 0.190. The molecule has 3 heteroatoms. The molecule has 0 aromatic heterocycles. The van der Waals surface area contributed by atoms with Crippen molar-refractivity contribution >= 4 is 12.6 Å². The van der Waals surface area contributed by atoms with Crippen molar-refractivity contribution in [3.05, 3.63) is 0 Å². The van der Waals surface area contributed by atoms with Crippen molar-refractivity contribution in [3.8, 4) is 0 Å². The summed E-state index contributed by atoms with van der Waals surface area (Å²) in [6, 6.07) is 0. The molecule has 0 radical (unpaired) electrons. The van der Waals surface area contributed by atoms with Crippen molar-refractivity contribution < 1.29 is 5.11 Å². The smallest absolute Gasteiger partial charge is 0.107 e. The first kappa shape index (κ1) is 15.7. The Morgan fingerprint density at radius 2 is 1.74 bits per heavy atom. The number of hydrogen-bond donors (Lipinski definition) is 3. The van der Waals surface area contributed by atoms with Crippen molar-refractivity contribution in [1.29, 1.82) is 0 Å². The molecule has 0 heterocycles. The fourth-order valence-corrected chi connectivity index (χ4v) is 4.81. The SMILES string of the molecule is CNC(O)C1CCCC(S)(C2(C)CCCCC2)CC1. The third-order valence-corrected chi connectivity index (χ3v) is 6.90. The third kappa shape index (κ3) is 3.30. The van der Waals surface area contributed by atoms with Gasteiger partial charge in [0.2, 0.25) is 0 Å². The molecule has 0 aliphatic heterocycles. The van der Waals surface area contributed by atoms with Gasteiger partial charge in [-0.1, -0.05) is 32.6 Å². The summed E-state index contributed by atoms with van der Waals surface area (Å²) in [5.74, 6) is 0.409. The van der Waals surface area contributed by atoms with Crippen LogP contribution in [0.15, 0.2) is 0 Å². The zero-order chi connectivity index (χ0) is 13.9. The second kappa shape index (κ2) is 6.36. The Hall–Kier alpha value is 0.270. The monoisotopic (exact) mass is 285 g/mol. The fraction of sp³-hybridized carbons (Fsp3) is 1.00. The molecule has 0 aromatic rings. The van der Waals surface area contributed by atoms with Crippen LogP contribution in [0.25, 0.3) is 0 Å². The van der Waals surface area contributed by atoms with E-state index in [0.717, 1.165) is 19.3 Å². The minimum atomic E-state index is -0.338. The van der Waals surface area contributed by atoms with Gasteiger partial charge in [0.15, 0.2) is 0 Å². The fourth-order valence-electron chi connectivity index (χ4n) is 4.30. The predicted molar refractivity (Wildman–Crippen MR) is 84.6 cm³/mol. The summed E-state index contributed by atoms with van der Waals surface area (Å²) in [6.07, 6.45) is 12.4. The number of hydrogen-bond acceptors (Lipinski definition) is 3. The number of aliphatic hydroxyl groups excluding tert-OH is 1. The first-order chi connectivity index (χ1) is 9.01. The molecule has 2 rings (SSSR count). The normalized spacial score (nSPS) is 37.6. The van der Waals surface area contributed by atoms with Crippen molar-refractivity contribution in [2.75, 3.05) is 7.05 Å². The number of rotatable bonds is 3. The summed E-state index contributed by atoms with van der Waals surface area (Å²) in [4.78, 5) is 0. The average molecular weight is 285 g/mol. The van der Waals surface area contributed by atoms with E-state index < -0.39 is 0 Å². The lowest BCUT2D eigenvalue weighted by molar-refractivity contribution is 0.0712.